The first-order valence-corrected chi connectivity index (χ1v) is 10.8. The van der Waals surface area contributed by atoms with Gasteiger partial charge >= 0.3 is 0 Å². The molecule has 2 aliphatic rings. The molecule has 156 valence electrons. The zero-order chi connectivity index (χ0) is 21.0. The predicted octanol–water partition coefficient (Wildman–Crippen LogP) is 5.66. The Bertz CT molecular complexity index is 1130. The molecule has 2 fully saturated rings. The highest BCUT2D eigenvalue weighted by molar-refractivity contribution is 6.41. The molecule has 5 rings (SSSR count). The van der Waals surface area contributed by atoms with E-state index in [0.29, 0.717) is 49.0 Å². The molecule has 30 heavy (non-hydrogen) atoms. The summed E-state index contributed by atoms with van der Waals surface area (Å²) in [5.74, 6) is 2.07. The molecule has 1 aliphatic carbocycles. The fourth-order valence-electron chi connectivity index (χ4n) is 4.33. The third-order valence-electron chi connectivity index (χ3n) is 6.09. The molecule has 1 saturated carbocycles. The second kappa shape index (κ2) is 7.29. The molecule has 3 heterocycles. The Kier molecular flexibility index (Phi) is 4.84. The first kappa shape index (κ1) is 19.9. The largest absolute Gasteiger partial charge is 0.495 e. The van der Waals surface area contributed by atoms with Gasteiger partial charge in [-0.05, 0) is 18.9 Å². The first-order valence-electron chi connectivity index (χ1n) is 9.63. The summed E-state index contributed by atoms with van der Waals surface area (Å²) in [7, 11) is 3.07. The van der Waals surface area contributed by atoms with Crippen molar-refractivity contribution in [2.24, 2.45) is 5.41 Å². The van der Waals surface area contributed by atoms with Crippen molar-refractivity contribution in [3.63, 3.8) is 0 Å². The van der Waals surface area contributed by atoms with Crippen LogP contribution in [-0.2, 0) is 0 Å². The smallest absolute Gasteiger partial charge is 0.165 e. The number of benzene rings is 1. The number of methoxy groups -OCH3 is 2. The van der Waals surface area contributed by atoms with Gasteiger partial charge in [0.25, 0.3) is 0 Å². The summed E-state index contributed by atoms with van der Waals surface area (Å²) >= 11 is 19.4. The topological polar surface area (TPSA) is 60.4 Å². The number of pyridine rings is 1. The lowest BCUT2D eigenvalue weighted by Gasteiger charge is -2.56. The lowest BCUT2D eigenvalue weighted by atomic mass is 9.63. The number of hydrogen-bond acceptors (Lipinski definition) is 6. The molecule has 0 amide bonds. The number of ether oxygens (including phenoxy) is 2. The van der Waals surface area contributed by atoms with Crippen LogP contribution in [0.2, 0.25) is 15.2 Å². The van der Waals surface area contributed by atoms with Crippen LogP contribution in [0, 0.1) is 5.41 Å². The Morgan fingerprint density at radius 1 is 0.967 bits per heavy atom. The molecule has 0 radical (unpaired) electrons. The molecule has 1 saturated heterocycles. The zero-order valence-corrected chi connectivity index (χ0v) is 18.8. The van der Waals surface area contributed by atoms with Crippen molar-refractivity contribution in [3.05, 3.63) is 33.5 Å². The van der Waals surface area contributed by atoms with E-state index in [1.165, 1.54) is 33.5 Å². The maximum atomic E-state index is 6.62. The molecule has 3 aromatic rings. The van der Waals surface area contributed by atoms with Gasteiger partial charge in [0.15, 0.2) is 5.82 Å². The van der Waals surface area contributed by atoms with Gasteiger partial charge in [-0.1, -0.05) is 41.2 Å². The van der Waals surface area contributed by atoms with E-state index in [9.17, 15) is 0 Å². The van der Waals surface area contributed by atoms with Crippen molar-refractivity contribution in [3.8, 4) is 22.9 Å². The summed E-state index contributed by atoms with van der Waals surface area (Å²) in [5.41, 5.74) is 1.57. The van der Waals surface area contributed by atoms with E-state index < -0.39 is 0 Å². The van der Waals surface area contributed by atoms with Gasteiger partial charge in [0.2, 0.25) is 0 Å². The van der Waals surface area contributed by atoms with E-state index in [1.807, 2.05) is 0 Å². The minimum atomic E-state index is 0.328. The van der Waals surface area contributed by atoms with Gasteiger partial charge < -0.3 is 14.4 Å². The molecule has 2 aromatic heterocycles. The summed E-state index contributed by atoms with van der Waals surface area (Å²) in [5, 5.41) is 1.91. The number of aromatic nitrogens is 3. The molecular weight excluding hydrogens is 447 g/mol. The number of fused-ring (bicyclic) bond motifs is 1. The molecule has 0 bridgehead atoms. The van der Waals surface area contributed by atoms with Crippen LogP contribution in [0.4, 0.5) is 5.82 Å². The Morgan fingerprint density at radius 3 is 2.20 bits per heavy atom. The summed E-state index contributed by atoms with van der Waals surface area (Å²) < 4.78 is 10.8. The average Bonchev–Trinajstić information content (AvgIpc) is 2.66. The molecule has 6 nitrogen and oxygen atoms in total. The quantitative estimate of drug-likeness (QED) is 0.463. The van der Waals surface area contributed by atoms with Gasteiger partial charge in [-0.3, -0.25) is 0 Å². The second-order valence-electron chi connectivity index (χ2n) is 7.89. The molecule has 0 N–H and O–H groups in total. The SMILES string of the molecule is COc1cc(OC)c(Cl)c(-c2nc(N3CC4(CCC4)C3)c3cc(Cl)ncc3n2)c1Cl. The Hall–Kier alpha value is -2.02. The van der Waals surface area contributed by atoms with E-state index in [2.05, 4.69) is 9.88 Å². The van der Waals surface area contributed by atoms with Crippen molar-refractivity contribution in [1.29, 1.82) is 0 Å². The molecule has 0 unspecified atom stereocenters. The highest BCUT2D eigenvalue weighted by atomic mass is 35.5. The fourth-order valence-corrected chi connectivity index (χ4v) is 5.16. The van der Waals surface area contributed by atoms with Crippen molar-refractivity contribution >= 4 is 51.5 Å². The maximum absolute atomic E-state index is 6.62. The Balaban J connectivity index is 1.70. The van der Waals surface area contributed by atoms with E-state index in [4.69, 9.17) is 54.2 Å². The highest BCUT2D eigenvalue weighted by Crippen LogP contribution is 2.51. The monoisotopic (exact) mass is 464 g/mol. The van der Waals surface area contributed by atoms with Crippen LogP contribution in [0.1, 0.15) is 19.3 Å². The standard InChI is InChI=1S/C21H19Cl3N4O2/c1-29-13-7-14(30-2)18(24)16(17(13)23)19-26-12-8-25-15(22)6-11(12)20(27-19)28-9-21(10-28)4-3-5-21/h6-8H,3-5,9-10H2,1-2H3. The number of nitrogens with zero attached hydrogens (tertiary/aromatic N) is 4. The lowest BCUT2D eigenvalue weighted by Crippen LogP contribution is -2.60. The van der Waals surface area contributed by atoms with E-state index in [1.54, 1.807) is 18.3 Å². The molecule has 1 aliphatic heterocycles. The van der Waals surface area contributed by atoms with Crippen molar-refractivity contribution in [2.75, 3.05) is 32.2 Å². The van der Waals surface area contributed by atoms with Gasteiger partial charge in [0.05, 0.1) is 41.5 Å². The summed E-state index contributed by atoms with van der Waals surface area (Å²) in [6.45, 7) is 1.95. The molecule has 1 aromatic carbocycles. The third-order valence-corrected chi connectivity index (χ3v) is 7.05. The minimum Gasteiger partial charge on any atom is -0.495 e. The molecule has 0 atom stereocenters. The summed E-state index contributed by atoms with van der Waals surface area (Å²) in [6.07, 6.45) is 5.48. The van der Waals surface area contributed by atoms with Crippen LogP contribution < -0.4 is 14.4 Å². The first-order chi connectivity index (χ1) is 14.4. The van der Waals surface area contributed by atoms with Gasteiger partial charge in [-0.15, -0.1) is 0 Å². The molecular formula is C21H19Cl3N4O2. The Labute approximate surface area is 189 Å². The van der Waals surface area contributed by atoms with E-state index >= 15 is 0 Å². The van der Waals surface area contributed by atoms with Gasteiger partial charge in [-0.25, -0.2) is 15.0 Å². The van der Waals surface area contributed by atoms with E-state index in [0.717, 1.165) is 24.3 Å². The van der Waals surface area contributed by atoms with Crippen molar-refractivity contribution in [2.45, 2.75) is 19.3 Å². The predicted molar refractivity (Wildman–Crippen MR) is 119 cm³/mol. The van der Waals surface area contributed by atoms with Crippen LogP contribution in [0.25, 0.3) is 22.3 Å². The normalized spacial score (nSPS) is 17.0. The number of halogens is 3. The summed E-state index contributed by atoms with van der Waals surface area (Å²) in [6, 6.07) is 3.45. The van der Waals surface area contributed by atoms with Crippen LogP contribution >= 0.6 is 34.8 Å². The van der Waals surface area contributed by atoms with Crippen molar-refractivity contribution < 1.29 is 9.47 Å². The number of anilines is 1. The molecule has 1 spiro atoms. The van der Waals surface area contributed by atoms with Crippen LogP contribution in [0.3, 0.4) is 0 Å². The van der Waals surface area contributed by atoms with Crippen LogP contribution in [-0.4, -0.2) is 42.3 Å². The van der Waals surface area contributed by atoms with E-state index in [-0.39, 0.29) is 0 Å². The van der Waals surface area contributed by atoms with Crippen LogP contribution in [0.5, 0.6) is 11.5 Å². The highest BCUT2D eigenvalue weighted by Gasteiger charge is 2.48. The van der Waals surface area contributed by atoms with Crippen LogP contribution in [0.15, 0.2) is 18.3 Å². The maximum Gasteiger partial charge on any atom is 0.165 e. The van der Waals surface area contributed by atoms with Gasteiger partial charge in [-0.2, -0.15) is 0 Å². The lowest BCUT2D eigenvalue weighted by molar-refractivity contribution is 0.0899. The number of hydrogen-bond donors (Lipinski definition) is 0. The minimum absolute atomic E-state index is 0.328. The molecule has 9 heteroatoms. The summed E-state index contributed by atoms with van der Waals surface area (Å²) in [4.78, 5) is 16.0. The fraction of sp³-hybridized carbons (Fsp3) is 0.381. The second-order valence-corrected chi connectivity index (χ2v) is 9.03. The number of rotatable bonds is 4. The zero-order valence-electron chi connectivity index (χ0n) is 16.5. The average molecular weight is 466 g/mol. The third kappa shape index (κ3) is 3.04. The Morgan fingerprint density at radius 2 is 1.63 bits per heavy atom. The van der Waals surface area contributed by atoms with Crippen molar-refractivity contribution in [1.82, 2.24) is 15.0 Å². The van der Waals surface area contributed by atoms with Gasteiger partial charge in [0, 0.05) is 30.0 Å². The van der Waals surface area contributed by atoms with Gasteiger partial charge in [0.1, 0.15) is 22.5 Å².